The molecule has 1 aromatic heterocycles. The molecule has 0 aliphatic carbocycles. The molecule has 26 heavy (non-hydrogen) atoms. The van der Waals surface area contributed by atoms with E-state index < -0.39 is 0 Å². The number of nitrogens with one attached hydrogen (secondary N) is 1. The lowest BCUT2D eigenvalue weighted by Crippen LogP contribution is -2.13. The van der Waals surface area contributed by atoms with Gasteiger partial charge in [-0.3, -0.25) is 4.98 Å². The summed E-state index contributed by atoms with van der Waals surface area (Å²) in [4.78, 5) is 4.29. The first-order valence-corrected chi connectivity index (χ1v) is 8.25. The van der Waals surface area contributed by atoms with E-state index in [1.807, 2.05) is 60.8 Å². The molecule has 3 aromatic rings. The van der Waals surface area contributed by atoms with Crippen LogP contribution in [-0.2, 0) is 19.7 Å². The van der Waals surface area contributed by atoms with Crippen molar-refractivity contribution in [3.05, 3.63) is 94.8 Å². The van der Waals surface area contributed by atoms with E-state index in [0.717, 1.165) is 35.1 Å². The van der Waals surface area contributed by atoms with Crippen molar-refractivity contribution in [3.8, 4) is 5.75 Å². The quantitative estimate of drug-likeness (QED) is 0.561. The van der Waals surface area contributed by atoms with Crippen LogP contribution in [0.4, 0.5) is 0 Å². The van der Waals surface area contributed by atoms with Crippen LogP contribution in [0.25, 0.3) is 0 Å². The van der Waals surface area contributed by atoms with E-state index in [2.05, 4.69) is 22.4 Å². The predicted molar refractivity (Wildman–Crippen MR) is 112 cm³/mol. The molecule has 2 aromatic carbocycles. The van der Waals surface area contributed by atoms with E-state index >= 15 is 0 Å². The van der Waals surface area contributed by atoms with Crippen molar-refractivity contribution in [3.63, 3.8) is 0 Å². The Hall–Kier alpha value is -1.78. The van der Waals surface area contributed by atoms with E-state index in [9.17, 15) is 0 Å². The summed E-state index contributed by atoms with van der Waals surface area (Å²) in [5.41, 5.74) is 3.23. The number of aromatic nitrogens is 1. The van der Waals surface area contributed by atoms with Gasteiger partial charge in [0, 0.05) is 29.9 Å². The normalized spacial score (nSPS) is 9.73. The summed E-state index contributed by atoms with van der Waals surface area (Å²) in [6.45, 7) is 2.02. The molecule has 1 heterocycles. The van der Waals surface area contributed by atoms with Crippen molar-refractivity contribution in [2.24, 2.45) is 0 Å². The SMILES string of the molecule is Cl.Cl.Clc1ccccc1COc1ccc(CNCc2ccccn2)cc1. The Morgan fingerprint density at radius 1 is 0.846 bits per heavy atom. The van der Waals surface area contributed by atoms with Crippen LogP contribution in [0.15, 0.2) is 72.9 Å². The minimum Gasteiger partial charge on any atom is -0.489 e. The van der Waals surface area contributed by atoms with Gasteiger partial charge in [0.2, 0.25) is 0 Å². The maximum atomic E-state index is 6.13. The molecule has 0 amide bonds. The van der Waals surface area contributed by atoms with Gasteiger partial charge in [-0.15, -0.1) is 24.8 Å². The van der Waals surface area contributed by atoms with Crippen LogP contribution in [0.5, 0.6) is 5.75 Å². The molecule has 3 rings (SSSR count). The highest BCUT2D eigenvalue weighted by molar-refractivity contribution is 6.31. The smallest absolute Gasteiger partial charge is 0.119 e. The number of ether oxygens (including phenoxy) is 1. The summed E-state index contributed by atoms with van der Waals surface area (Å²) in [7, 11) is 0. The lowest BCUT2D eigenvalue weighted by Gasteiger charge is -2.09. The molecule has 0 radical (unpaired) electrons. The molecule has 0 aliphatic heterocycles. The maximum Gasteiger partial charge on any atom is 0.119 e. The number of halogens is 3. The molecule has 0 unspecified atom stereocenters. The van der Waals surface area contributed by atoms with Gasteiger partial charge in [-0.25, -0.2) is 0 Å². The molecular weight excluding hydrogens is 391 g/mol. The summed E-state index contributed by atoms with van der Waals surface area (Å²) in [6, 6.07) is 21.7. The third kappa shape index (κ3) is 6.85. The van der Waals surface area contributed by atoms with E-state index in [4.69, 9.17) is 16.3 Å². The highest BCUT2D eigenvalue weighted by Gasteiger charge is 2.01. The van der Waals surface area contributed by atoms with Crippen molar-refractivity contribution >= 4 is 36.4 Å². The molecule has 6 heteroatoms. The Balaban J connectivity index is 0.00000169. The van der Waals surface area contributed by atoms with Gasteiger partial charge >= 0.3 is 0 Å². The van der Waals surface area contributed by atoms with Gasteiger partial charge in [0.25, 0.3) is 0 Å². The topological polar surface area (TPSA) is 34.1 Å². The summed E-state index contributed by atoms with van der Waals surface area (Å²) in [5, 5.41) is 4.11. The van der Waals surface area contributed by atoms with Gasteiger partial charge in [0.1, 0.15) is 12.4 Å². The molecule has 0 spiro atoms. The predicted octanol–water partition coefficient (Wildman–Crippen LogP) is 5.45. The Bertz CT molecular complexity index is 768. The molecule has 0 atom stereocenters. The molecule has 0 saturated carbocycles. The third-order valence-electron chi connectivity index (χ3n) is 3.64. The molecule has 1 N–H and O–H groups in total. The van der Waals surface area contributed by atoms with Crippen molar-refractivity contribution < 1.29 is 4.74 Å². The van der Waals surface area contributed by atoms with Crippen LogP contribution in [0.1, 0.15) is 16.8 Å². The Morgan fingerprint density at radius 2 is 1.58 bits per heavy atom. The van der Waals surface area contributed by atoms with E-state index in [-0.39, 0.29) is 24.8 Å². The largest absolute Gasteiger partial charge is 0.489 e. The lowest BCUT2D eigenvalue weighted by molar-refractivity contribution is 0.306. The van der Waals surface area contributed by atoms with Crippen molar-refractivity contribution in [1.82, 2.24) is 10.3 Å². The summed E-state index contributed by atoms with van der Waals surface area (Å²) in [6.07, 6.45) is 1.81. The zero-order chi connectivity index (χ0) is 16.6. The number of pyridine rings is 1. The lowest BCUT2D eigenvalue weighted by atomic mass is 10.2. The van der Waals surface area contributed by atoms with Crippen molar-refractivity contribution in [1.29, 1.82) is 0 Å². The molecule has 0 fully saturated rings. The molecule has 0 aliphatic rings. The zero-order valence-corrected chi connectivity index (χ0v) is 16.5. The van der Waals surface area contributed by atoms with Gasteiger partial charge in [0.05, 0.1) is 5.69 Å². The summed E-state index contributed by atoms with van der Waals surface area (Å²) < 4.78 is 5.79. The van der Waals surface area contributed by atoms with E-state index in [1.165, 1.54) is 5.56 Å². The van der Waals surface area contributed by atoms with Gasteiger partial charge in [-0.1, -0.05) is 48.0 Å². The molecular formula is C20H21Cl3N2O. The first kappa shape index (κ1) is 22.3. The first-order chi connectivity index (χ1) is 11.8. The van der Waals surface area contributed by atoms with Crippen LogP contribution in [-0.4, -0.2) is 4.98 Å². The zero-order valence-electron chi connectivity index (χ0n) is 14.1. The fraction of sp³-hybridized carbons (Fsp3) is 0.150. The molecule has 138 valence electrons. The number of hydrogen-bond acceptors (Lipinski definition) is 3. The second kappa shape index (κ2) is 11.8. The van der Waals surface area contributed by atoms with Crippen LogP contribution in [0.3, 0.4) is 0 Å². The highest BCUT2D eigenvalue weighted by atomic mass is 35.5. The summed E-state index contributed by atoms with van der Waals surface area (Å²) >= 11 is 6.13. The monoisotopic (exact) mass is 410 g/mol. The maximum absolute atomic E-state index is 6.13. The molecule has 0 saturated heterocycles. The minimum absolute atomic E-state index is 0. The molecule has 3 nitrogen and oxygen atoms in total. The van der Waals surface area contributed by atoms with Gasteiger partial charge in [-0.2, -0.15) is 0 Å². The van der Waals surface area contributed by atoms with Crippen LogP contribution in [0.2, 0.25) is 5.02 Å². The average molecular weight is 412 g/mol. The standard InChI is InChI=1S/C20H19ClN2O.2ClH/c21-20-7-2-1-5-17(20)15-24-19-10-8-16(9-11-19)13-22-14-18-6-3-4-12-23-18;;/h1-12,22H,13-15H2;2*1H. The number of hydrogen-bond donors (Lipinski definition) is 1. The fourth-order valence-corrected chi connectivity index (χ4v) is 2.51. The highest BCUT2D eigenvalue weighted by Crippen LogP contribution is 2.19. The van der Waals surface area contributed by atoms with Crippen molar-refractivity contribution in [2.75, 3.05) is 0 Å². The Kier molecular flexibility index (Phi) is 10.1. The average Bonchev–Trinajstić information content (AvgIpc) is 2.63. The van der Waals surface area contributed by atoms with Crippen LogP contribution >= 0.6 is 36.4 Å². The minimum atomic E-state index is 0. The summed E-state index contributed by atoms with van der Waals surface area (Å²) in [5.74, 6) is 0.836. The first-order valence-electron chi connectivity index (χ1n) is 7.87. The number of benzene rings is 2. The van der Waals surface area contributed by atoms with Gasteiger partial charge < -0.3 is 10.1 Å². The second-order valence-corrected chi connectivity index (χ2v) is 5.86. The number of rotatable bonds is 7. The van der Waals surface area contributed by atoms with Crippen molar-refractivity contribution in [2.45, 2.75) is 19.7 Å². The van der Waals surface area contributed by atoms with Crippen LogP contribution in [0, 0.1) is 0 Å². The third-order valence-corrected chi connectivity index (χ3v) is 4.01. The van der Waals surface area contributed by atoms with Crippen LogP contribution < -0.4 is 10.1 Å². The second-order valence-electron chi connectivity index (χ2n) is 5.45. The Labute approximate surface area is 171 Å². The van der Waals surface area contributed by atoms with Gasteiger partial charge in [0.15, 0.2) is 0 Å². The fourth-order valence-electron chi connectivity index (χ4n) is 2.32. The number of nitrogens with zero attached hydrogens (tertiary/aromatic N) is 1. The molecule has 0 bridgehead atoms. The van der Waals surface area contributed by atoms with Gasteiger partial charge in [-0.05, 0) is 35.9 Å². The van der Waals surface area contributed by atoms with E-state index in [0.29, 0.717) is 6.61 Å². The van der Waals surface area contributed by atoms with E-state index in [1.54, 1.807) is 0 Å². The Morgan fingerprint density at radius 3 is 2.27 bits per heavy atom.